The first-order valence-corrected chi connectivity index (χ1v) is 9.30. The molecule has 1 N–H and O–H groups in total. The Morgan fingerprint density at radius 3 is 2.68 bits per heavy atom. The first-order valence-electron chi connectivity index (χ1n) is 9.30. The zero-order valence-electron chi connectivity index (χ0n) is 14.3. The molecule has 0 unspecified atom stereocenters. The van der Waals surface area contributed by atoms with Gasteiger partial charge in [-0.15, -0.1) is 0 Å². The maximum Gasteiger partial charge on any atom is 0.155 e. The van der Waals surface area contributed by atoms with Crippen LogP contribution in [0.25, 0.3) is 0 Å². The lowest BCUT2D eigenvalue weighted by molar-refractivity contribution is -0.119. The molecule has 2 heteroatoms. The SMILES string of the molecule is C[C@H]1C[C@@H]2[C@H](CC[C@@]3(C)[C@H]2CC[C@]3(C)O)[C@H]2CCC(=O)C=C12. The van der Waals surface area contributed by atoms with Crippen molar-refractivity contribution in [3.05, 3.63) is 11.6 Å². The number of hydrogen-bond donors (Lipinski definition) is 1. The Morgan fingerprint density at radius 2 is 1.91 bits per heavy atom. The summed E-state index contributed by atoms with van der Waals surface area (Å²) in [4.78, 5) is 11.8. The van der Waals surface area contributed by atoms with E-state index in [1.165, 1.54) is 24.8 Å². The van der Waals surface area contributed by atoms with Crippen molar-refractivity contribution in [3.63, 3.8) is 0 Å². The van der Waals surface area contributed by atoms with Crippen molar-refractivity contribution in [2.75, 3.05) is 0 Å². The molecule has 0 saturated heterocycles. The van der Waals surface area contributed by atoms with E-state index in [1.807, 2.05) is 6.08 Å². The van der Waals surface area contributed by atoms with E-state index in [9.17, 15) is 9.90 Å². The molecular weight excluding hydrogens is 272 g/mol. The highest BCUT2D eigenvalue weighted by Crippen LogP contribution is 2.65. The van der Waals surface area contributed by atoms with Crippen LogP contribution in [0, 0.1) is 35.0 Å². The molecule has 0 aromatic heterocycles. The highest BCUT2D eigenvalue weighted by atomic mass is 16.3. The van der Waals surface area contributed by atoms with Crippen LogP contribution in [0.5, 0.6) is 0 Å². The van der Waals surface area contributed by atoms with Crippen LogP contribution >= 0.6 is 0 Å². The van der Waals surface area contributed by atoms with Gasteiger partial charge >= 0.3 is 0 Å². The van der Waals surface area contributed by atoms with Crippen LogP contribution < -0.4 is 0 Å². The fraction of sp³-hybridized carbons (Fsp3) is 0.850. The van der Waals surface area contributed by atoms with E-state index in [2.05, 4.69) is 20.8 Å². The lowest BCUT2D eigenvalue weighted by Gasteiger charge is -2.56. The molecular formula is C20H30O2. The van der Waals surface area contributed by atoms with Gasteiger partial charge in [0.1, 0.15) is 0 Å². The fourth-order valence-electron chi connectivity index (χ4n) is 6.74. The Labute approximate surface area is 134 Å². The van der Waals surface area contributed by atoms with Gasteiger partial charge in [-0.3, -0.25) is 4.79 Å². The van der Waals surface area contributed by atoms with Crippen molar-refractivity contribution in [1.29, 1.82) is 0 Å². The van der Waals surface area contributed by atoms with Crippen molar-refractivity contribution in [1.82, 2.24) is 0 Å². The number of aliphatic hydroxyl groups is 1. The van der Waals surface area contributed by atoms with Gasteiger partial charge in [0.2, 0.25) is 0 Å². The molecule has 3 fully saturated rings. The highest BCUT2D eigenvalue weighted by molar-refractivity contribution is 5.91. The minimum Gasteiger partial charge on any atom is -0.390 e. The number of ketones is 1. The molecule has 4 rings (SSSR count). The number of carbonyl (C=O) groups excluding carboxylic acids is 1. The summed E-state index contributed by atoms with van der Waals surface area (Å²) >= 11 is 0. The number of allylic oxidation sites excluding steroid dienone is 1. The van der Waals surface area contributed by atoms with Crippen molar-refractivity contribution in [2.45, 2.75) is 71.3 Å². The zero-order valence-corrected chi connectivity index (χ0v) is 14.3. The summed E-state index contributed by atoms with van der Waals surface area (Å²) < 4.78 is 0. The Hall–Kier alpha value is -0.630. The smallest absolute Gasteiger partial charge is 0.155 e. The molecule has 0 heterocycles. The predicted molar refractivity (Wildman–Crippen MR) is 87.3 cm³/mol. The van der Waals surface area contributed by atoms with E-state index in [-0.39, 0.29) is 5.41 Å². The summed E-state index contributed by atoms with van der Waals surface area (Å²) in [6.45, 7) is 6.75. The third-order valence-electron chi connectivity index (χ3n) is 8.22. The summed E-state index contributed by atoms with van der Waals surface area (Å²) in [7, 11) is 0. The Morgan fingerprint density at radius 1 is 1.14 bits per heavy atom. The summed E-state index contributed by atoms with van der Waals surface area (Å²) in [6, 6.07) is 0. The van der Waals surface area contributed by atoms with Gasteiger partial charge in [0.15, 0.2) is 5.78 Å². The van der Waals surface area contributed by atoms with Gasteiger partial charge in [-0.1, -0.05) is 19.4 Å². The average Bonchev–Trinajstić information content (AvgIpc) is 2.70. The number of rotatable bonds is 0. The summed E-state index contributed by atoms with van der Waals surface area (Å²) in [5.74, 6) is 3.77. The second-order valence-electron chi connectivity index (χ2n) is 9.10. The van der Waals surface area contributed by atoms with E-state index in [4.69, 9.17) is 0 Å². The van der Waals surface area contributed by atoms with Crippen molar-refractivity contribution < 1.29 is 9.90 Å². The lowest BCUT2D eigenvalue weighted by Crippen LogP contribution is -2.52. The molecule has 122 valence electrons. The molecule has 0 aliphatic heterocycles. The molecule has 2 nitrogen and oxygen atoms in total. The largest absolute Gasteiger partial charge is 0.390 e. The highest BCUT2D eigenvalue weighted by Gasteiger charge is 2.60. The second-order valence-corrected chi connectivity index (χ2v) is 9.10. The molecule has 22 heavy (non-hydrogen) atoms. The van der Waals surface area contributed by atoms with Gasteiger partial charge in [0.25, 0.3) is 0 Å². The van der Waals surface area contributed by atoms with Crippen LogP contribution in [-0.2, 0) is 4.79 Å². The number of fused-ring (bicyclic) bond motifs is 5. The van der Waals surface area contributed by atoms with Gasteiger partial charge in [0.05, 0.1) is 5.60 Å². The molecule has 0 amide bonds. The van der Waals surface area contributed by atoms with Crippen molar-refractivity contribution in [3.8, 4) is 0 Å². The first kappa shape index (κ1) is 14.9. The number of carbonyl (C=O) groups is 1. The van der Waals surface area contributed by atoms with Gasteiger partial charge < -0.3 is 5.11 Å². The monoisotopic (exact) mass is 302 g/mol. The van der Waals surface area contributed by atoms with Gasteiger partial charge in [-0.05, 0) is 86.5 Å². The van der Waals surface area contributed by atoms with E-state index >= 15 is 0 Å². The Kier molecular flexibility index (Phi) is 3.18. The minimum absolute atomic E-state index is 0.111. The molecule has 0 radical (unpaired) electrons. The lowest BCUT2D eigenvalue weighted by atomic mass is 9.49. The minimum atomic E-state index is -0.482. The second kappa shape index (κ2) is 4.69. The third kappa shape index (κ3) is 1.85. The van der Waals surface area contributed by atoms with Gasteiger partial charge in [0, 0.05) is 6.42 Å². The predicted octanol–water partition coefficient (Wildman–Crippen LogP) is 4.13. The molecule has 0 bridgehead atoms. The molecule has 4 aliphatic rings. The maximum atomic E-state index is 11.8. The zero-order chi connectivity index (χ0) is 15.7. The van der Waals surface area contributed by atoms with Crippen LogP contribution in [0.3, 0.4) is 0 Å². The standard InChI is InChI=1S/C20H30O2/c1-12-10-17-15(14-5-4-13(21)11-16(12)14)6-8-19(2)18(17)7-9-20(19,3)22/h11-12,14-15,17-18,22H,4-10H2,1-3H3/t12-,14+,15+,17+,18-,19-,20-/m0/s1. The van der Waals surface area contributed by atoms with Crippen LogP contribution in [0.1, 0.15) is 65.7 Å². The summed E-state index contributed by atoms with van der Waals surface area (Å²) in [6.07, 6.45) is 9.64. The molecule has 3 saturated carbocycles. The quantitative estimate of drug-likeness (QED) is 0.730. The molecule has 0 spiro atoms. The molecule has 0 aromatic carbocycles. The molecule has 7 atom stereocenters. The van der Waals surface area contributed by atoms with E-state index in [1.54, 1.807) is 0 Å². The van der Waals surface area contributed by atoms with E-state index in [0.717, 1.165) is 37.5 Å². The average molecular weight is 302 g/mol. The fourth-order valence-corrected chi connectivity index (χ4v) is 6.74. The number of hydrogen-bond acceptors (Lipinski definition) is 2. The van der Waals surface area contributed by atoms with Crippen LogP contribution in [0.15, 0.2) is 11.6 Å². The van der Waals surface area contributed by atoms with Crippen LogP contribution in [-0.4, -0.2) is 16.5 Å². The van der Waals surface area contributed by atoms with Gasteiger partial charge in [-0.25, -0.2) is 0 Å². The molecule has 4 aliphatic carbocycles. The summed E-state index contributed by atoms with van der Waals surface area (Å²) in [5.41, 5.74) is 1.09. The topological polar surface area (TPSA) is 37.3 Å². The van der Waals surface area contributed by atoms with Crippen molar-refractivity contribution in [2.24, 2.45) is 35.0 Å². The first-order chi connectivity index (χ1) is 10.3. The summed E-state index contributed by atoms with van der Waals surface area (Å²) in [5, 5.41) is 10.9. The van der Waals surface area contributed by atoms with Gasteiger partial charge in [-0.2, -0.15) is 0 Å². The molecule has 0 aromatic rings. The van der Waals surface area contributed by atoms with E-state index in [0.29, 0.717) is 23.5 Å². The maximum absolute atomic E-state index is 11.8. The Bertz CT molecular complexity index is 532. The van der Waals surface area contributed by atoms with Crippen LogP contribution in [0.4, 0.5) is 0 Å². The Balaban J connectivity index is 1.68. The van der Waals surface area contributed by atoms with Crippen molar-refractivity contribution >= 4 is 5.78 Å². The normalized spacial score (nSPS) is 54.3. The van der Waals surface area contributed by atoms with Crippen LogP contribution in [0.2, 0.25) is 0 Å². The van der Waals surface area contributed by atoms with E-state index < -0.39 is 5.60 Å². The third-order valence-corrected chi connectivity index (χ3v) is 8.22.